The van der Waals surface area contributed by atoms with Crippen LogP contribution in [0.2, 0.25) is 0 Å². The molecule has 0 heterocycles. The van der Waals surface area contributed by atoms with Crippen molar-refractivity contribution in [1.82, 2.24) is 0 Å². The Morgan fingerprint density at radius 1 is 1.25 bits per heavy atom. The number of aliphatic hydroxyl groups is 1. The second kappa shape index (κ2) is 6.02. The number of para-hydroxylation sites is 1. The van der Waals surface area contributed by atoms with Gasteiger partial charge in [0.2, 0.25) is 5.75 Å². The number of nitro benzene ring substituents is 1. The van der Waals surface area contributed by atoms with E-state index < -0.39 is 11.0 Å². The SMILES string of the molecule is C[C@@H](O)c1ccc(Oc2ccccc2Br)c([N+](=O)[O-])c1. The fourth-order valence-corrected chi connectivity index (χ4v) is 2.03. The van der Waals surface area contributed by atoms with Crippen molar-refractivity contribution in [2.45, 2.75) is 13.0 Å². The predicted molar refractivity (Wildman–Crippen MR) is 77.9 cm³/mol. The molecule has 1 N–H and O–H groups in total. The number of ether oxygens (including phenoxy) is 1. The van der Waals surface area contributed by atoms with Crippen LogP contribution in [0.1, 0.15) is 18.6 Å². The number of nitro groups is 1. The average Bonchev–Trinajstić information content (AvgIpc) is 2.41. The standard InChI is InChI=1S/C14H12BrNO4/c1-9(17)10-6-7-14(12(8-10)16(18)19)20-13-5-3-2-4-11(13)15/h2-9,17H,1H3/t9-/m1/s1. The zero-order chi connectivity index (χ0) is 14.7. The second-order valence-electron chi connectivity index (χ2n) is 4.19. The fraction of sp³-hybridized carbons (Fsp3) is 0.143. The van der Waals surface area contributed by atoms with Crippen LogP contribution >= 0.6 is 15.9 Å². The summed E-state index contributed by atoms with van der Waals surface area (Å²) >= 11 is 3.32. The number of nitrogens with zero attached hydrogens (tertiary/aromatic N) is 1. The number of hydrogen-bond donors (Lipinski definition) is 1. The highest BCUT2D eigenvalue weighted by molar-refractivity contribution is 9.10. The van der Waals surface area contributed by atoms with Gasteiger partial charge in [-0.3, -0.25) is 10.1 Å². The van der Waals surface area contributed by atoms with Crippen LogP contribution in [0.4, 0.5) is 5.69 Å². The van der Waals surface area contributed by atoms with Gasteiger partial charge < -0.3 is 9.84 Å². The number of rotatable bonds is 4. The summed E-state index contributed by atoms with van der Waals surface area (Å²) in [6.45, 7) is 1.55. The third-order valence-electron chi connectivity index (χ3n) is 2.72. The molecule has 0 fully saturated rings. The van der Waals surface area contributed by atoms with Gasteiger partial charge >= 0.3 is 5.69 Å². The highest BCUT2D eigenvalue weighted by Gasteiger charge is 2.18. The van der Waals surface area contributed by atoms with E-state index in [0.717, 1.165) is 0 Å². The van der Waals surface area contributed by atoms with Gasteiger partial charge in [-0.1, -0.05) is 18.2 Å². The monoisotopic (exact) mass is 337 g/mol. The number of halogens is 1. The van der Waals surface area contributed by atoms with Crippen molar-refractivity contribution in [3.8, 4) is 11.5 Å². The molecule has 0 saturated carbocycles. The normalized spacial score (nSPS) is 11.9. The van der Waals surface area contributed by atoms with Crippen molar-refractivity contribution >= 4 is 21.6 Å². The minimum Gasteiger partial charge on any atom is -0.449 e. The molecule has 2 rings (SSSR count). The lowest BCUT2D eigenvalue weighted by Crippen LogP contribution is -1.97. The molecule has 5 nitrogen and oxygen atoms in total. The van der Waals surface area contributed by atoms with Crippen molar-refractivity contribution in [3.05, 3.63) is 62.6 Å². The number of aliphatic hydroxyl groups excluding tert-OH is 1. The Morgan fingerprint density at radius 2 is 1.95 bits per heavy atom. The van der Waals surface area contributed by atoms with Crippen LogP contribution in [0.5, 0.6) is 11.5 Å². The van der Waals surface area contributed by atoms with Crippen LogP contribution in [0.15, 0.2) is 46.9 Å². The summed E-state index contributed by atoms with van der Waals surface area (Å²) in [6.07, 6.45) is -0.772. The van der Waals surface area contributed by atoms with Gasteiger partial charge in [0.15, 0.2) is 0 Å². The largest absolute Gasteiger partial charge is 0.449 e. The van der Waals surface area contributed by atoms with Crippen molar-refractivity contribution in [2.75, 3.05) is 0 Å². The molecule has 1 atom stereocenters. The third kappa shape index (κ3) is 3.15. The molecule has 0 spiro atoms. The second-order valence-corrected chi connectivity index (χ2v) is 5.05. The first-order valence-electron chi connectivity index (χ1n) is 5.88. The lowest BCUT2D eigenvalue weighted by molar-refractivity contribution is -0.385. The predicted octanol–water partition coefficient (Wildman–Crippen LogP) is 4.20. The molecule has 0 amide bonds. The van der Waals surface area contributed by atoms with E-state index in [9.17, 15) is 15.2 Å². The molecule has 0 aliphatic heterocycles. The number of hydrogen-bond acceptors (Lipinski definition) is 4. The van der Waals surface area contributed by atoms with Crippen LogP contribution in [-0.4, -0.2) is 10.0 Å². The maximum absolute atomic E-state index is 11.1. The van der Waals surface area contributed by atoms with Crippen molar-refractivity contribution in [1.29, 1.82) is 0 Å². The maximum Gasteiger partial charge on any atom is 0.311 e. The molecule has 0 aliphatic rings. The summed E-state index contributed by atoms with van der Waals surface area (Å²) in [5, 5.41) is 20.6. The molecule has 2 aromatic rings. The molecule has 2 aromatic carbocycles. The van der Waals surface area contributed by atoms with E-state index in [0.29, 0.717) is 15.8 Å². The molecule has 0 aromatic heterocycles. The van der Waals surface area contributed by atoms with Gasteiger partial charge in [0.25, 0.3) is 0 Å². The Hall–Kier alpha value is -1.92. The summed E-state index contributed by atoms with van der Waals surface area (Å²) in [7, 11) is 0. The molecule has 20 heavy (non-hydrogen) atoms. The maximum atomic E-state index is 11.1. The zero-order valence-electron chi connectivity index (χ0n) is 10.6. The van der Waals surface area contributed by atoms with Crippen molar-refractivity contribution in [3.63, 3.8) is 0 Å². The van der Waals surface area contributed by atoms with Crippen molar-refractivity contribution in [2.24, 2.45) is 0 Å². The van der Waals surface area contributed by atoms with Gasteiger partial charge in [0, 0.05) is 6.07 Å². The molecular formula is C14H12BrNO4. The lowest BCUT2D eigenvalue weighted by atomic mass is 10.1. The quantitative estimate of drug-likeness (QED) is 0.670. The minimum absolute atomic E-state index is 0.131. The van der Waals surface area contributed by atoms with E-state index in [-0.39, 0.29) is 11.4 Å². The molecule has 0 aliphatic carbocycles. The van der Waals surface area contributed by atoms with Gasteiger partial charge in [-0.25, -0.2) is 0 Å². The number of benzene rings is 2. The highest BCUT2D eigenvalue weighted by atomic mass is 79.9. The fourth-order valence-electron chi connectivity index (χ4n) is 1.67. The Balaban J connectivity index is 2.41. The first-order valence-corrected chi connectivity index (χ1v) is 6.67. The zero-order valence-corrected chi connectivity index (χ0v) is 12.2. The minimum atomic E-state index is -0.772. The van der Waals surface area contributed by atoms with E-state index in [1.807, 2.05) is 6.07 Å². The Bertz CT molecular complexity index is 643. The average molecular weight is 338 g/mol. The van der Waals surface area contributed by atoms with Gasteiger partial charge in [-0.2, -0.15) is 0 Å². The van der Waals surface area contributed by atoms with Gasteiger partial charge in [-0.15, -0.1) is 0 Å². The van der Waals surface area contributed by atoms with Gasteiger partial charge in [0.1, 0.15) is 5.75 Å². The van der Waals surface area contributed by atoms with E-state index in [4.69, 9.17) is 4.74 Å². The van der Waals surface area contributed by atoms with Gasteiger partial charge in [0.05, 0.1) is 15.5 Å². The van der Waals surface area contributed by atoms with Crippen LogP contribution in [0, 0.1) is 10.1 Å². The van der Waals surface area contributed by atoms with Gasteiger partial charge in [-0.05, 0) is 46.6 Å². The lowest BCUT2D eigenvalue weighted by Gasteiger charge is -2.10. The molecule has 104 valence electrons. The Morgan fingerprint density at radius 3 is 2.55 bits per heavy atom. The molecule has 6 heteroatoms. The Kier molecular flexibility index (Phi) is 4.36. The van der Waals surface area contributed by atoms with Crippen molar-refractivity contribution < 1.29 is 14.8 Å². The Labute approximate surface area is 124 Å². The molecule has 0 bridgehead atoms. The summed E-state index contributed by atoms with van der Waals surface area (Å²) in [6, 6.07) is 11.5. The molecule has 0 unspecified atom stereocenters. The van der Waals surface area contributed by atoms with Crippen LogP contribution < -0.4 is 4.74 Å². The summed E-state index contributed by atoms with van der Waals surface area (Å²) < 4.78 is 6.27. The summed E-state index contributed by atoms with van der Waals surface area (Å²) in [5.74, 6) is 0.617. The van der Waals surface area contributed by atoms with E-state index >= 15 is 0 Å². The molecule has 0 saturated heterocycles. The summed E-state index contributed by atoms with van der Waals surface area (Å²) in [5.41, 5.74) is 0.287. The third-order valence-corrected chi connectivity index (χ3v) is 3.37. The van der Waals surface area contributed by atoms with Crippen LogP contribution in [0.3, 0.4) is 0 Å². The highest BCUT2D eigenvalue weighted by Crippen LogP contribution is 2.36. The topological polar surface area (TPSA) is 72.6 Å². The molecule has 0 radical (unpaired) electrons. The van der Waals surface area contributed by atoms with Crippen LogP contribution in [-0.2, 0) is 0 Å². The summed E-state index contributed by atoms with van der Waals surface area (Å²) in [4.78, 5) is 10.6. The smallest absolute Gasteiger partial charge is 0.311 e. The van der Waals surface area contributed by atoms with Crippen LogP contribution in [0.25, 0.3) is 0 Å². The first-order chi connectivity index (χ1) is 9.49. The van der Waals surface area contributed by atoms with E-state index in [1.54, 1.807) is 31.2 Å². The molecular weight excluding hydrogens is 326 g/mol. The van der Waals surface area contributed by atoms with E-state index in [2.05, 4.69) is 15.9 Å². The van der Waals surface area contributed by atoms with E-state index in [1.165, 1.54) is 12.1 Å². The first kappa shape index (κ1) is 14.5.